The molecule has 2 unspecified atom stereocenters. The van der Waals surface area contributed by atoms with Crippen LogP contribution in [0.3, 0.4) is 0 Å². The molecule has 0 bridgehead atoms. The molecule has 2 nitrogen and oxygen atoms in total. The van der Waals surface area contributed by atoms with E-state index in [-0.39, 0.29) is 0 Å². The fourth-order valence-corrected chi connectivity index (χ4v) is 2.00. The molecule has 0 aromatic carbocycles. The fourth-order valence-electron chi connectivity index (χ4n) is 1.25. The summed E-state index contributed by atoms with van der Waals surface area (Å²) in [6.07, 6.45) is 15.9. The third-order valence-electron chi connectivity index (χ3n) is 2.13. The van der Waals surface area contributed by atoms with Crippen molar-refractivity contribution in [3.8, 4) is 0 Å². The molecule has 0 aliphatic heterocycles. The maximum atomic E-state index is 11.6. The van der Waals surface area contributed by atoms with E-state index < -0.39 is 9.73 Å². The van der Waals surface area contributed by atoms with Crippen LogP contribution in [0.4, 0.5) is 0 Å². The molecule has 0 radical (unpaired) electrons. The molecule has 15 heavy (non-hydrogen) atoms. The molecule has 1 N–H and O–H groups in total. The van der Waals surface area contributed by atoms with Gasteiger partial charge in [-0.05, 0) is 18.4 Å². The van der Waals surface area contributed by atoms with E-state index in [2.05, 4.69) is 13.0 Å². The van der Waals surface area contributed by atoms with Crippen LogP contribution in [0.1, 0.15) is 13.3 Å². The molecule has 0 aromatic heterocycles. The SMILES string of the molecule is CC1/C=C\C=C/C/C=C(S(C)(=N)=O)\C=C/1. The number of hydrogen-bond acceptors (Lipinski definition) is 2. The minimum atomic E-state index is -2.60. The van der Waals surface area contributed by atoms with Gasteiger partial charge in [0.1, 0.15) is 0 Å². The molecule has 82 valence electrons. The topological polar surface area (TPSA) is 40.9 Å². The Morgan fingerprint density at radius 1 is 1.40 bits per heavy atom. The van der Waals surface area contributed by atoms with Gasteiger partial charge in [0.25, 0.3) is 0 Å². The van der Waals surface area contributed by atoms with Crippen LogP contribution in [0.5, 0.6) is 0 Å². The smallest absolute Gasteiger partial charge is 0.0693 e. The van der Waals surface area contributed by atoms with Gasteiger partial charge < -0.3 is 0 Å². The third-order valence-corrected chi connectivity index (χ3v) is 3.33. The van der Waals surface area contributed by atoms with Crippen molar-refractivity contribution in [3.05, 3.63) is 47.4 Å². The average molecular weight is 223 g/mol. The summed E-state index contributed by atoms with van der Waals surface area (Å²) in [4.78, 5) is 0.620. The van der Waals surface area contributed by atoms with E-state index in [1.54, 1.807) is 0 Å². The van der Waals surface area contributed by atoms with Crippen molar-refractivity contribution >= 4 is 9.73 Å². The fraction of sp³-hybridized carbons (Fsp3) is 0.333. The zero-order valence-corrected chi connectivity index (χ0v) is 9.96. The molecule has 0 spiro atoms. The zero-order valence-electron chi connectivity index (χ0n) is 9.14. The van der Waals surface area contributed by atoms with E-state index in [1.807, 2.05) is 36.5 Å². The molecule has 1 aliphatic carbocycles. The molecule has 0 fully saturated rings. The minimum Gasteiger partial charge on any atom is -0.249 e. The largest absolute Gasteiger partial charge is 0.249 e. The van der Waals surface area contributed by atoms with Gasteiger partial charge in [0.2, 0.25) is 0 Å². The van der Waals surface area contributed by atoms with Crippen LogP contribution in [-0.4, -0.2) is 10.5 Å². The second kappa shape index (κ2) is 5.12. The highest BCUT2D eigenvalue weighted by Gasteiger charge is 2.03. The monoisotopic (exact) mass is 223 g/mol. The highest BCUT2D eigenvalue weighted by molar-refractivity contribution is 7.95. The van der Waals surface area contributed by atoms with Crippen LogP contribution in [0, 0.1) is 10.7 Å². The van der Waals surface area contributed by atoms with E-state index in [0.29, 0.717) is 10.8 Å². The summed E-state index contributed by atoms with van der Waals surface area (Å²) in [7, 11) is -2.60. The Bertz CT molecular complexity index is 425. The van der Waals surface area contributed by atoms with Crippen molar-refractivity contribution in [3.63, 3.8) is 0 Å². The van der Waals surface area contributed by atoms with E-state index in [1.165, 1.54) is 6.26 Å². The predicted molar refractivity (Wildman–Crippen MR) is 66.1 cm³/mol. The van der Waals surface area contributed by atoms with E-state index >= 15 is 0 Å². The standard InChI is InChI=1S/C12H17NOS/c1-11-7-5-3-4-6-8-12(10-9-11)15(2,13)14/h3-5,7-11,13H,6H2,1-2H3/b4-3-,7-5-,10-9-,12-8+. The van der Waals surface area contributed by atoms with Gasteiger partial charge in [0.05, 0.1) is 9.73 Å². The third kappa shape index (κ3) is 4.30. The number of hydrogen-bond donors (Lipinski definition) is 1. The summed E-state index contributed by atoms with van der Waals surface area (Å²) in [5.74, 6) is 0.304. The Labute approximate surface area is 92.1 Å². The first-order chi connectivity index (χ1) is 7.00. The summed E-state index contributed by atoms with van der Waals surface area (Å²) in [6.45, 7) is 2.06. The van der Waals surface area contributed by atoms with Crippen LogP contribution in [0.25, 0.3) is 0 Å². The van der Waals surface area contributed by atoms with Gasteiger partial charge in [-0.25, -0.2) is 8.99 Å². The average Bonchev–Trinajstić information content (AvgIpc) is 2.14. The summed E-state index contributed by atoms with van der Waals surface area (Å²) in [6, 6.07) is 0. The molecule has 0 aromatic rings. The maximum Gasteiger partial charge on any atom is 0.0693 e. The molecule has 3 heteroatoms. The van der Waals surface area contributed by atoms with Gasteiger partial charge in [-0.3, -0.25) is 0 Å². The van der Waals surface area contributed by atoms with Crippen molar-refractivity contribution in [1.82, 2.24) is 0 Å². The first kappa shape index (κ1) is 12.0. The van der Waals surface area contributed by atoms with Crippen LogP contribution < -0.4 is 0 Å². The predicted octanol–water partition coefficient (Wildman–Crippen LogP) is 3.26. The molecular formula is C12H17NOS. The number of allylic oxidation sites excluding steroid dienone is 7. The Kier molecular flexibility index (Phi) is 4.09. The lowest BCUT2D eigenvalue weighted by atomic mass is 10.1. The number of nitrogens with one attached hydrogen (secondary N) is 1. The molecule has 0 saturated carbocycles. The Morgan fingerprint density at radius 3 is 2.80 bits per heavy atom. The quantitative estimate of drug-likeness (QED) is 0.728. The van der Waals surface area contributed by atoms with Crippen molar-refractivity contribution in [1.29, 1.82) is 4.78 Å². The zero-order chi connectivity index (χ0) is 11.3. The van der Waals surface area contributed by atoms with E-state index in [4.69, 9.17) is 4.78 Å². The molecule has 0 heterocycles. The Morgan fingerprint density at radius 2 is 2.13 bits per heavy atom. The van der Waals surface area contributed by atoms with Crippen molar-refractivity contribution in [2.45, 2.75) is 13.3 Å². The van der Waals surface area contributed by atoms with Crippen molar-refractivity contribution < 1.29 is 4.21 Å². The molecule has 0 saturated heterocycles. The van der Waals surface area contributed by atoms with Crippen molar-refractivity contribution in [2.75, 3.05) is 6.26 Å². The van der Waals surface area contributed by atoms with Gasteiger partial charge in [-0.15, -0.1) is 0 Å². The first-order valence-corrected chi connectivity index (χ1v) is 6.92. The Hall–Kier alpha value is -1.09. The molecule has 0 amide bonds. The molecular weight excluding hydrogens is 206 g/mol. The van der Waals surface area contributed by atoms with E-state index in [0.717, 1.165) is 6.42 Å². The van der Waals surface area contributed by atoms with Crippen LogP contribution in [-0.2, 0) is 9.73 Å². The lowest BCUT2D eigenvalue weighted by Gasteiger charge is -2.04. The van der Waals surface area contributed by atoms with Gasteiger partial charge in [0, 0.05) is 11.2 Å². The van der Waals surface area contributed by atoms with Gasteiger partial charge >= 0.3 is 0 Å². The minimum absolute atomic E-state index is 0.304. The van der Waals surface area contributed by atoms with Crippen LogP contribution in [0.15, 0.2) is 47.4 Å². The maximum absolute atomic E-state index is 11.6. The van der Waals surface area contributed by atoms with Crippen LogP contribution >= 0.6 is 0 Å². The molecule has 1 rings (SSSR count). The lowest BCUT2D eigenvalue weighted by molar-refractivity contribution is 0.683. The first-order valence-electron chi connectivity index (χ1n) is 4.95. The van der Waals surface area contributed by atoms with Crippen molar-refractivity contribution in [2.24, 2.45) is 5.92 Å². The summed E-state index contributed by atoms with van der Waals surface area (Å²) < 4.78 is 19.2. The van der Waals surface area contributed by atoms with Gasteiger partial charge in [-0.2, -0.15) is 0 Å². The summed E-state index contributed by atoms with van der Waals surface area (Å²) in [5, 5.41) is 0. The highest BCUT2D eigenvalue weighted by Crippen LogP contribution is 2.12. The van der Waals surface area contributed by atoms with E-state index in [9.17, 15) is 4.21 Å². The second-order valence-electron chi connectivity index (χ2n) is 3.72. The molecule has 2 atom stereocenters. The van der Waals surface area contributed by atoms with Gasteiger partial charge in [0.15, 0.2) is 0 Å². The lowest BCUT2D eigenvalue weighted by Crippen LogP contribution is -1.97. The summed E-state index contributed by atoms with van der Waals surface area (Å²) >= 11 is 0. The molecule has 1 aliphatic rings. The second-order valence-corrected chi connectivity index (χ2v) is 5.88. The highest BCUT2D eigenvalue weighted by atomic mass is 32.2. The Balaban J connectivity index is 3.02. The normalized spacial score (nSPS) is 35.6. The van der Waals surface area contributed by atoms with Gasteiger partial charge in [-0.1, -0.05) is 43.4 Å². The number of rotatable bonds is 1. The summed E-state index contributed by atoms with van der Waals surface area (Å²) in [5.41, 5.74) is 0. The van der Waals surface area contributed by atoms with Crippen LogP contribution in [0.2, 0.25) is 0 Å².